The molecule has 4 aliphatic carbocycles. The second kappa shape index (κ2) is 7.31. The first-order valence-corrected chi connectivity index (χ1v) is 13.5. The Morgan fingerprint density at radius 1 is 1.15 bits per heavy atom. The zero-order chi connectivity index (χ0) is 24.9. The van der Waals surface area contributed by atoms with Gasteiger partial charge in [0.15, 0.2) is 0 Å². The van der Waals surface area contributed by atoms with E-state index in [4.69, 9.17) is 4.74 Å². The molecule has 1 N–H and O–H groups in total. The highest BCUT2D eigenvalue weighted by molar-refractivity contribution is 5.99. The SMILES string of the molecule is C=C(C)CCC[C@]1(C)OC(=O)[C@]23CC[C@H]4C(=CC[C@H]5C(C)(C)[C@@H](O)CC[C@]45C)[C@]2(C)CC(=O)[C@@H]31. The van der Waals surface area contributed by atoms with E-state index in [9.17, 15) is 14.7 Å². The third-order valence-electron chi connectivity index (χ3n) is 11.6. The fourth-order valence-corrected chi connectivity index (χ4v) is 9.86. The molecule has 1 saturated heterocycles. The molecule has 3 saturated carbocycles. The highest BCUT2D eigenvalue weighted by Crippen LogP contribution is 2.75. The normalized spacial score (nSPS) is 48.9. The Morgan fingerprint density at radius 2 is 1.85 bits per heavy atom. The summed E-state index contributed by atoms with van der Waals surface area (Å²) >= 11 is 0. The number of cyclic esters (lactones) is 1. The third kappa shape index (κ3) is 2.81. The Bertz CT molecular complexity index is 976. The van der Waals surface area contributed by atoms with Gasteiger partial charge in [0.1, 0.15) is 11.4 Å². The van der Waals surface area contributed by atoms with Crippen molar-refractivity contribution in [2.45, 2.75) is 111 Å². The fraction of sp³-hybridized carbons (Fsp3) is 0.800. The first-order chi connectivity index (χ1) is 15.7. The molecule has 0 bridgehead atoms. The number of fused-ring (bicyclic) bond motifs is 4. The smallest absolute Gasteiger partial charge is 0.314 e. The van der Waals surface area contributed by atoms with E-state index in [0.717, 1.165) is 50.5 Å². The predicted molar refractivity (Wildman–Crippen MR) is 133 cm³/mol. The van der Waals surface area contributed by atoms with Gasteiger partial charge in [0.25, 0.3) is 0 Å². The van der Waals surface area contributed by atoms with E-state index in [2.05, 4.69) is 40.3 Å². The van der Waals surface area contributed by atoms with Gasteiger partial charge in [-0.05, 0) is 87.9 Å². The minimum atomic E-state index is -0.725. The standard InChI is InChI=1S/C30H44O4/c1-18(2)9-8-14-29(7)24-21(31)17-28(6)20-10-11-22-26(3,4)23(32)13-15-27(22,5)19(20)12-16-30(24,28)25(33)34-29/h10,19,22-24,32H,1,8-9,11-17H2,2-7H3/t19-,22-,23-,24+,27+,28-,29-,30+/m0/s1. The number of esters is 1. The molecule has 5 aliphatic rings. The molecule has 34 heavy (non-hydrogen) atoms. The number of allylic oxidation sites excluding steroid dienone is 3. The van der Waals surface area contributed by atoms with E-state index in [-0.39, 0.29) is 34.6 Å². The maximum absolute atomic E-state index is 13.8. The highest BCUT2D eigenvalue weighted by atomic mass is 16.6. The van der Waals surface area contributed by atoms with Gasteiger partial charge in [-0.25, -0.2) is 0 Å². The molecule has 4 heteroatoms. The Kier molecular flexibility index (Phi) is 5.22. The van der Waals surface area contributed by atoms with E-state index < -0.39 is 16.4 Å². The largest absolute Gasteiger partial charge is 0.458 e. The molecule has 0 unspecified atom stereocenters. The van der Waals surface area contributed by atoms with Crippen LogP contribution in [0.3, 0.4) is 0 Å². The van der Waals surface area contributed by atoms with Gasteiger partial charge >= 0.3 is 5.97 Å². The van der Waals surface area contributed by atoms with Crippen LogP contribution in [0.25, 0.3) is 0 Å². The van der Waals surface area contributed by atoms with Crippen LogP contribution in [0.4, 0.5) is 0 Å². The van der Waals surface area contributed by atoms with Crippen molar-refractivity contribution in [2.24, 2.45) is 39.4 Å². The molecule has 1 spiro atoms. The number of aliphatic hydroxyl groups excluding tert-OH is 1. The average molecular weight is 469 g/mol. The van der Waals surface area contributed by atoms with Crippen molar-refractivity contribution in [3.8, 4) is 0 Å². The van der Waals surface area contributed by atoms with Crippen molar-refractivity contribution in [1.29, 1.82) is 0 Å². The number of hydrogen-bond donors (Lipinski definition) is 1. The molecule has 1 heterocycles. The number of ether oxygens (including phenoxy) is 1. The molecule has 0 amide bonds. The van der Waals surface area contributed by atoms with Crippen LogP contribution in [0.15, 0.2) is 23.8 Å². The maximum Gasteiger partial charge on any atom is 0.314 e. The summed E-state index contributed by atoms with van der Waals surface area (Å²) in [7, 11) is 0. The Hall–Kier alpha value is -1.42. The zero-order valence-corrected chi connectivity index (χ0v) is 22.1. The van der Waals surface area contributed by atoms with Gasteiger partial charge in [-0.2, -0.15) is 0 Å². The summed E-state index contributed by atoms with van der Waals surface area (Å²) in [5.41, 5.74) is 0.531. The van der Waals surface area contributed by atoms with Crippen LogP contribution < -0.4 is 0 Å². The van der Waals surface area contributed by atoms with E-state index in [0.29, 0.717) is 24.7 Å². The van der Waals surface area contributed by atoms with Gasteiger partial charge in [-0.1, -0.05) is 44.9 Å². The predicted octanol–water partition coefficient (Wildman–Crippen LogP) is 6.17. The van der Waals surface area contributed by atoms with Gasteiger partial charge in [-0.3, -0.25) is 9.59 Å². The minimum Gasteiger partial charge on any atom is -0.458 e. The molecular weight excluding hydrogens is 424 g/mol. The molecule has 1 aliphatic heterocycles. The summed E-state index contributed by atoms with van der Waals surface area (Å²) < 4.78 is 6.20. The molecule has 8 atom stereocenters. The van der Waals surface area contributed by atoms with E-state index in [1.807, 2.05) is 13.8 Å². The molecule has 0 aromatic carbocycles. The lowest BCUT2D eigenvalue weighted by atomic mass is 9.41. The molecular formula is C30H44O4. The molecule has 4 fully saturated rings. The molecule has 0 radical (unpaired) electrons. The number of carbonyl (C=O) groups is 2. The van der Waals surface area contributed by atoms with Crippen molar-refractivity contribution in [1.82, 2.24) is 0 Å². The van der Waals surface area contributed by atoms with Crippen LogP contribution in [0.1, 0.15) is 99.3 Å². The number of rotatable bonds is 4. The van der Waals surface area contributed by atoms with Crippen LogP contribution >= 0.6 is 0 Å². The van der Waals surface area contributed by atoms with Gasteiger partial charge in [0.05, 0.1) is 17.4 Å². The zero-order valence-electron chi connectivity index (χ0n) is 22.1. The number of carbonyl (C=O) groups excluding carboxylic acids is 2. The summed E-state index contributed by atoms with van der Waals surface area (Å²) in [6.07, 6.45) is 9.50. The van der Waals surface area contributed by atoms with Crippen molar-refractivity contribution < 1.29 is 19.4 Å². The Balaban J connectivity index is 1.55. The van der Waals surface area contributed by atoms with Crippen LogP contribution in [-0.2, 0) is 14.3 Å². The second-order valence-electron chi connectivity index (χ2n) is 13.8. The lowest BCUT2D eigenvalue weighted by molar-refractivity contribution is -0.163. The van der Waals surface area contributed by atoms with Crippen molar-refractivity contribution in [3.63, 3.8) is 0 Å². The van der Waals surface area contributed by atoms with Crippen molar-refractivity contribution in [3.05, 3.63) is 23.8 Å². The molecule has 4 nitrogen and oxygen atoms in total. The Labute approximate surface area is 205 Å². The van der Waals surface area contributed by atoms with E-state index >= 15 is 0 Å². The topological polar surface area (TPSA) is 63.6 Å². The van der Waals surface area contributed by atoms with Crippen LogP contribution in [0.5, 0.6) is 0 Å². The molecule has 5 rings (SSSR count). The quantitative estimate of drug-likeness (QED) is 0.396. The van der Waals surface area contributed by atoms with Crippen LogP contribution in [0, 0.1) is 39.4 Å². The molecule has 0 aromatic rings. The number of Topliss-reactive ketones (excluding diaryl/α,β-unsaturated/α-hetero) is 1. The second-order valence-corrected chi connectivity index (χ2v) is 13.8. The van der Waals surface area contributed by atoms with E-state index in [1.54, 1.807) is 0 Å². The first kappa shape index (κ1) is 24.3. The van der Waals surface area contributed by atoms with Crippen molar-refractivity contribution >= 4 is 11.8 Å². The lowest BCUT2D eigenvalue weighted by Crippen LogP contribution is -2.59. The average Bonchev–Trinajstić information content (AvgIpc) is 3.11. The van der Waals surface area contributed by atoms with Gasteiger partial charge in [0, 0.05) is 11.8 Å². The number of ketones is 1. The minimum absolute atomic E-state index is 0.0892. The third-order valence-corrected chi connectivity index (χ3v) is 11.6. The highest BCUT2D eigenvalue weighted by Gasteiger charge is 2.78. The van der Waals surface area contributed by atoms with E-state index in [1.165, 1.54) is 5.57 Å². The monoisotopic (exact) mass is 468 g/mol. The first-order valence-electron chi connectivity index (χ1n) is 13.5. The van der Waals surface area contributed by atoms with Gasteiger partial charge in [-0.15, -0.1) is 6.58 Å². The number of hydrogen-bond acceptors (Lipinski definition) is 4. The lowest BCUT2D eigenvalue weighted by Gasteiger charge is -2.63. The van der Waals surface area contributed by atoms with Gasteiger partial charge in [0.2, 0.25) is 0 Å². The van der Waals surface area contributed by atoms with Crippen molar-refractivity contribution in [2.75, 3.05) is 0 Å². The summed E-state index contributed by atoms with van der Waals surface area (Å²) in [6.45, 7) is 17.1. The fourth-order valence-electron chi connectivity index (χ4n) is 9.86. The van der Waals surface area contributed by atoms with Crippen LogP contribution in [-0.4, -0.2) is 28.6 Å². The number of aliphatic hydroxyl groups is 1. The summed E-state index contributed by atoms with van der Waals surface area (Å²) in [4.78, 5) is 27.6. The molecule has 0 aromatic heterocycles. The molecule has 188 valence electrons. The van der Waals surface area contributed by atoms with Gasteiger partial charge < -0.3 is 9.84 Å². The van der Waals surface area contributed by atoms with Crippen LogP contribution in [0.2, 0.25) is 0 Å². The summed E-state index contributed by atoms with van der Waals surface area (Å²) in [5, 5.41) is 10.8. The maximum atomic E-state index is 13.8. The Morgan fingerprint density at radius 3 is 2.53 bits per heavy atom. The summed E-state index contributed by atoms with van der Waals surface area (Å²) in [6, 6.07) is 0. The summed E-state index contributed by atoms with van der Waals surface area (Å²) in [5.74, 6) is 0.517.